The number of hydrogen-bond acceptors (Lipinski definition) is 4. The van der Waals surface area contributed by atoms with E-state index in [4.69, 9.17) is 5.11 Å². The number of fused-ring (bicyclic) bond motifs is 1. The SMILES string of the molecule is Cl.O=C(O)Cc1cn2nc(-c3ccncc3)ccc2n1. The van der Waals surface area contributed by atoms with Crippen molar-refractivity contribution in [2.24, 2.45) is 0 Å². The Morgan fingerprint density at radius 3 is 2.65 bits per heavy atom. The van der Waals surface area contributed by atoms with Gasteiger partial charge in [0.2, 0.25) is 0 Å². The number of hydrogen-bond donors (Lipinski definition) is 1. The summed E-state index contributed by atoms with van der Waals surface area (Å²) >= 11 is 0. The monoisotopic (exact) mass is 290 g/mol. The molecule has 0 aliphatic rings. The van der Waals surface area contributed by atoms with Crippen LogP contribution in [0.15, 0.2) is 42.9 Å². The zero-order valence-electron chi connectivity index (χ0n) is 10.3. The van der Waals surface area contributed by atoms with Crippen LogP contribution in [-0.2, 0) is 11.2 Å². The van der Waals surface area contributed by atoms with Crippen LogP contribution < -0.4 is 0 Å². The van der Waals surface area contributed by atoms with E-state index in [2.05, 4.69) is 15.1 Å². The number of carbonyl (C=O) groups is 1. The van der Waals surface area contributed by atoms with E-state index in [9.17, 15) is 4.79 Å². The maximum atomic E-state index is 10.7. The van der Waals surface area contributed by atoms with E-state index < -0.39 is 5.97 Å². The number of aromatic nitrogens is 4. The van der Waals surface area contributed by atoms with Crippen molar-refractivity contribution >= 4 is 24.0 Å². The molecule has 0 saturated heterocycles. The summed E-state index contributed by atoms with van der Waals surface area (Å²) in [5, 5.41) is 13.2. The Hall–Kier alpha value is -2.47. The largest absolute Gasteiger partial charge is 0.481 e. The molecule has 3 aromatic rings. The predicted molar refractivity (Wildman–Crippen MR) is 74.8 cm³/mol. The minimum absolute atomic E-state index is 0. The molecule has 0 radical (unpaired) electrons. The maximum Gasteiger partial charge on any atom is 0.309 e. The first-order valence-electron chi connectivity index (χ1n) is 5.70. The van der Waals surface area contributed by atoms with Gasteiger partial charge in [-0.2, -0.15) is 5.10 Å². The van der Waals surface area contributed by atoms with Gasteiger partial charge in [0.05, 0.1) is 24.0 Å². The first-order valence-corrected chi connectivity index (χ1v) is 5.70. The summed E-state index contributed by atoms with van der Waals surface area (Å²) in [6, 6.07) is 7.39. The van der Waals surface area contributed by atoms with Crippen LogP contribution in [0.1, 0.15) is 5.69 Å². The van der Waals surface area contributed by atoms with Gasteiger partial charge in [0.1, 0.15) is 0 Å². The van der Waals surface area contributed by atoms with Crippen LogP contribution in [0.2, 0.25) is 0 Å². The van der Waals surface area contributed by atoms with Crippen molar-refractivity contribution in [1.29, 1.82) is 0 Å². The lowest BCUT2D eigenvalue weighted by molar-refractivity contribution is -0.136. The summed E-state index contributed by atoms with van der Waals surface area (Å²) in [5.41, 5.74) is 2.86. The highest BCUT2D eigenvalue weighted by molar-refractivity contribution is 5.85. The molecule has 0 aromatic carbocycles. The van der Waals surface area contributed by atoms with E-state index >= 15 is 0 Å². The summed E-state index contributed by atoms with van der Waals surface area (Å²) in [6.07, 6.45) is 4.93. The molecule has 6 nitrogen and oxygen atoms in total. The Balaban J connectivity index is 0.00000147. The van der Waals surface area contributed by atoms with Crippen molar-refractivity contribution in [3.8, 4) is 11.3 Å². The van der Waals surface area contributed by atoms with Gasteiger partial charge in [-0.15, -0.1) is 12.4 Å². The second-order valence-electron chi connectivity index (χ2n) is 4.06. The molecule has 3 rings (SSSR count). The first-order chi connectivity index (χ1) is 9.22. The maximum absolute atomic E-state index is 10.7. The van der Waals surface area contributed by atoms with Gasteiger partial charge >= 0.3 is 5.97 Å². The summed E-state index contributed by atoms with van der Waals surface area (Å²) < 4.78 is 1.59. The average Bonchev–Trinajstić information content (AvgIpc) is 2.79. The highest BCUT2D eigenvalue weighted by Gasteiger charge is 2.07. The number of aliphatic carboxylic acids is 1. The second-order valence-corrected chi connectivity index (χ2v) is 4.06. The van der Waals surface area contributed by atoms with Gasteiger partial charge in [-0.1, -0.05) is 0 Å². The van der Waals surface area contributed by atoms with E-state index in [1.807, 2.05) is 24.3 Å². The smallest absolute Gasteiger partial charge is 0.309 e. The lowest BCUT2D eigenvalue weighted by Gasteiger charge is -2.00. The highest BCUT2D eigenvalue weighted by Crippen LogP contribution is 2.16. The number of pyridine rings is 1. The molecule has 0 aliphatic carbocycles. The molecule has 1 N–H and O–H groups in total. The number of carboxylic acids is 1. The molecule has 3 heterocycles. The molecule has 0 atom stereocenters. The molecule has 20 heavy (non-hydrogen) atoms. The van der Waals surface area contributed by atoms with Crippen molar-refractivity contribution in [3.05, 3.63) is 48.5 Å². The van der Waals surface area contributed by atoms with Crippen molar-refractivity contribution in [2.45, 2.75) is 6.42 Å². The van der Waals surface area contributed by atoms with Gasteiger partial charge in [0, 0.05) is 18.0 Å². The third-order valence-corrected chi connectivity index (χ3v) is 2.68. The molecular formula is C13H11ClN4O2. The predicted octanol–water partition coefficient (Wildman–Crippen LogP) is 1.84. The Labute approximate surface area is 120 Å². The summed E-state index contributed by atoms with van der Waals surface area (Å²) in [4.78, 5) is 18.8. The fourth-order valence-corrected chi connectivity index (χ4v) is 1.85. The van der Waals surface area contributed by atoms with E-state index in [1.165, 1.54) is 0 Å². The lowest BCUT2D eigenvalue weighted by atomic mass is 10.2. The molecular weight excluding hydrogens is 280 g/mol. The van der Waals surface area contributed by atoms with E-state index in [0.717, 1.165) is 11.3 Å². The zero-order chi connectivity index (χ0) is 13.2. The fraction of sp³-hybridized carbons (Fsp3) is 0.0769. The van der Waals surface area contributed by atoms with Crippen LogP contribution in [0.3, 0.4) is 0 Å². The van der Waals surface area contributed by atoms with Crippen molar-refractivity contribution in [2.75, 3.05) is 0 Å². The number of imidazole rings is 1. The molecule has 0 aliphatic heterocycles. The van der Waals surface area contributed by atoms with Gasteiger partial charge in [0.15, 0.2) is 5.65 Å². The Morgan fingerprint density at radius 1 is 1.20 bits per heavy atom. The van der Waals surface area contributed by atoms with E-state index in [-0.39, 0.29) is 18.8 Å². The number of halogens is 1. The van der Waals surface area contributed by atoms with Crippen molar-refractivity contribution < 1.29 is 9.90 Å². The molecule has 3 aromatic heterocycles. The Kier molecular flexibility index (Phi) is 3.95. The standard InChI is InChI=1S/C13H10N4O2.ClH/c18-13(19)7-10-8-17-12(15-10)2-1-11(16-17)9-3-5-14-6-4-9;/h1-6,8H,7H2,(H,18,19);1H. The number of nitrogens with zero attached hydrogens (tertiary/aromatic N) is 4. The van der Waals surface area contributed by atoms with Crippen LogP contribution in [0, 0.1) is 0 Å². The van der Waals surface area contributed by atoms with Crippen molar-refractivity contribution in [1.82, 2.24) is 19.6 Å². The zero-order valence-corrected chi connectivity index (χ0v) is 11.1. The molecule has 0 unspecified atom stereocenters. The average molecular weight is 291 g/mol. The van der Waals surface area contributed by atoms with Gasteiger partial charge in [0.25, 0.3) is 0 Å². The molecule has 0 bridgehead atoms. The molecule has 0 spiro atoms. The molecule has 7 heteroatoms. The minimum atomic E-state index is -0.905. The first kappa shape index (κ1) is 14.0. The third kappa shape index (κ3) is 2.75. The normalized spacial score (nSPS) is 10.2. The van der Waals surface area contributed by atoms with Crippen LogP contribution in [0.25, 0.3) is 16.9 Å². The minimum Gasteiger partial charge on any atom is -0.481 e. The third-order valence-electron chi connectivity index (χ3n) is 2.68. The Morgan fingerprint density at radius 2 is 1.95 bits per heavy atom. The quantitative estimate of drug-likeness (QED) is 0.796. The van der Waals surface area contributed by atoms with Crippen LogP contribution >= 0.6 is 12.4 Å². The Bertz CT molecular complexity index is 742. The highest BCUT2D eigenvalue weighted by atomic mass is 35.5. The fourth-order valence-electron chi connectivity index (χ4n) is 1.85. The summed E-state index contributed by atoms with van der Waals surface area (Å²) in [7, 11) is 0. The lowest BCUT2D eigenvalue weighted by Crippen LogP contribution is -1.99. The number of carboxylic acid groups (broad SMARTS) is 1. The van der Waals surface area contributed by atoms with Gasteiger partial charge < -0.3 is 5.11 Å². The van der Waals surface area contributed by atoms with E-state index in [0.29, 0.717) is 11.3 Å². The molecule has 102 valence electrons. The van der Waals surface area contributed by atoms with Gasteiger partial charge in [-0.25, -0.2) is 9.50 Å². The summed E-state index contributed by atoms with van der Waals surface area (Å²) in [5.74, 6) is -0.905. The van der Waals surface area contributed by atoms with Crippen LogP contribution in [0.5, 0.6) is 0 Å². The molecule has 0 amide bonds. The molecule has 0 saturated carbocycles. The van der Waals surface area contributed by atoms with Gasteiger partial charge in [-0.3, -0.25) is 9.78 Å². The van der Waals surface area contributed by atoms with Crippen LogP contribution in [-0.4, -0.2) is 30.7 Å². The molecule has 0 fully saturated rings. The topological polar surface area (TPSA) is 80.4 Å². The number of rotatable bonds is 3. The van der Waals surface area contributed by atoms with Crippen molar-refractivity contribution in [3.63, 3.8) is 0 Å². The van der Waals surface area contributed by atoms with Crippen LogP contribution in [0.4, 0.5) is 0 Å². The van der Waals surface area contributed by atoms with E-state index in [1.54, 1.807) is 23.1 Å². The summed E-state index contributed by atoms with van der Waals surface area (Å²) in [6.45, 7) is 0. The second kappa shape index (κ2) is 5.66. The van der Waals surface area contributed by atoms with Gasteiger partial charge in [-0.05, 0) is 24.3 Å².